The Hall–Kier alpha value is -2.41. The van der Waals surface area contributed by atoms with Crippen LogP contribution in [0.2, 0.25) is 0 Å². The highest BCUT2D eigenvalue weighted by atomic mass is 79.9. The topological polar surface area (TPSA) is 64.9 Å². The predicted octanol–water partition coefficient (Wildman–Crippen LogP) is 4.43. The Bertz CT molecular complexity index is 822. The van der Waals surface area contributed by atoms with Gasteiger partial charge in [-0.3, -0.25) is 0 Å². The summed E-state index contributed by atoms with van der Waals surface area (Å²) in [6.07, 6.45) is 2.14. The summed E-state index contributed by atoms with van der Waals surface area (Å²) in [6, 6.07) is 16.1. The van der Waals surface area contributed by atoms with E-state index in [1.54, 1.807) is 4.68 Å². The summed E-state index contributed by atoms with van der Waals surface area (Å²) < 4.78 is 8.83. The van der Waals surface area contributed by atoms with Crippen LogP contribution < -0.4 is 10.1 Å². The predicted molar refractivity (Wildman–Crippen MR) is 105 cm³/mol. The van der Waals surface area contributed by atoms with Crippen LogP contribution in [0.4, 0.5) is 5.95 Å². The number of aromatic nitrogens is 4. The first-order valence-corrected chi connectivity index (χ1v) is 9.50. The second-order valence-electron chi connectivity index (χ2n) is 5.96. The van der Waals surface area contributed by atoms with E-state index in [2.05, 4.69) is 55.8 Å². The molecule has 0 fully saturated rings. The normalized spacial score (nSPS) is 10.7. The molecule has 0 aliphatic heterocycles. The zero-order valence-corrected chi connectivity index (χ0v) is 16.3. The minimum absolute atomic E-state index is 0.531. The van der Waals surface area contributed by atoms with Gasteiger partial charge in [0, 0.05) is 23.1 Å². The highest BCUT2D eigenvalue weighted by Crippen LogP contribution is 2.25. The average molecular weight is 416 g/mol. The van der Waals surface area contributed by atoms with Gasteiger partial charge >= 0.3 is 0 Å². The van der Waals surface area contributed by atoms with Crippen molar-refractivity contribution < 1.29 is 4.74 Å². The van der Waals surface area contributed by atoms with Gasteiger partial charge < -0.3 is 10.1 Å². The second kappa shape index (κ2) is 9.33. The van der Waals surface area contributed by atoms with E-state index >= 15 is 0 Å². The summed E-state index contributed by atoms with van der Waals surface area (Å²) in [4.78, 5) is 0. The summed E-state index contributed by atoms with van der Waals surface area (Å²) in [5.41, 5.74) is 2.18. The van der Waals surface area contributed by atoms with Crippen LogP contribution in [-0.4, -0.2) is 20.2 Å². The van der Waals surface area contributed by atoms with Crippen molar-refractivity contribution in [1.82, 2.24) is 20.2 Å². The molecule has 0 amide bonds. The molecule has 26 heavy (non-hydrogen) atoms. The third-order valence-electron chi connectivity index (χ3n) is 3.95. The number of rotatable bonds is 9. The number of ether oxygens (including phenoxy) is 1. The SMILES string of the molecule is CCCCn1nnnc1NCc1cc(Br)ccc1OCc1ccccc1. The molecule has 0 radical (unpaired) electrons. The molecule has 1 heterocycles. The smallest absolute Gasteiger partial charge is 0.243 e. The van der Waals surface area contributed by atoms with Gasteiger partial charge in [0.2, 0.25) is 5.95 Å². The first-order valence-electron chi connectivity index (χ1n) is 8.71. The minimum Gasteiger partial charge on any atom is -0.489 e. The molecule has 7 heteroatoms. The first-order chi connectivity index (χ1) is 12.8. The number of tetrazole rings is 1. The Labute approximate surface area is 161 Å². The van der Waals surface area contributed by atoms with Gasteiger partial charge in [-0.25, -0.2) is 4.68 Å². The average Bonchev–Trinajstić information content (AvgIpc) is 3.12. The molecular formula is C19H22BrN5O. The first kappa shape index (κ1) is 18.4. The maximum atomic E-state index is 6.02. The van der Waals surface area contributed by atoms with Crippen molar-refractivity contribution in [3.8, 4) is 5.75 Å². The largest absolute Gasteiger partial charge is 0.489 e. The van der Waals surface area contributed by atoms with Crippen molar-refractivity contribution in [2.45, 2.75) is 39.5 Å². The minimum atomic E-state index is 0.531. The molecule has 0 atom stereocenters. The number of unbranched alkanes of at least 4 members (excludes halogenated alkanes) is 1. The van der Waals surface area contributed by atoms with Crippen molar-refractivity contribution in [3.63, 3.8) is 0 Å². The van der Waals surface area contributed by atoms with Crippen molar-refractivity contribution in [2.75, 3.05) is 5.32 Å². The van der Waals surface area contributed by atoms with E-state index in [-0.39, 0.29) is 0 Å². The lowest BCUT2D eigenvalue weighted by Crippen LogP contribution is -2.10. The summed E-state index contributed by atoms with van der Waals surface area (Å²) in [6.45, 7) is 4.07. The Morgan fingerprint density at radius 3 is 2.81 bits per heavy atom. The molecule has 0 spiro atoms. The van der Waals surface area contributed by atoms with Crippen LogP contribution in [-0.2, 0) is 19.7 Å². The standard InChI is InChI=1S/C19H22BrN5O/c1-2-3-11-25-19(22-23-24-25)21-13-16-12-17(20)9-10-18(16)26-14-15-7-5-4-6-8-15/h4-10,12H,2-3,11,13-14H2,1H3,(H,21,22,24). The van der Waals surface area contributed by atoms with Crippen LogP contribution in [0.5, 0.6) is 5.75 Å². The zero-order chi connectivity index (χ0) is 18.2. The molecule has 0 aliphatic rings. The molecule has 2 aromatic carbocycles. The Kier molecular flexibility index (Phi) is 6.60. The monoisotopic (exact) mass is 415 g/mol. The number of benzene rings is 2. The van der Waals surface area contributed by atoms with Crippen LogP contribution in [0.15, 0.2) is 53.0 Å². The number of anilines is 1. The molecule has 0 saturated heterocycles. The van der Waals surface area contributed by atoms with E-state index in [0.29, 0.717) is 19.1 Å². The number of nitrogens with one attached hydrogen (secondary N) is 1. The van der Waals surface area contributed by atoms with Gasteiger partial charge in [0.05, 0.1) is 0 Å². The third kappa shape index (κ3) is 5.05. The van der Waals surface area contributed by atoms with Crippen LogP contribution in [0.1, 0.15) is 30.9 Å². The fourth-order valence-electron chi connectivity index (χ4n) is 2.53. The van der Waals surface area contributed by atoms with Gasteiger partial charge in [0.15, 0.2) is 0 Å². The van der Waals surface area contributed by atoms with Crippen molar-refractivity contribution >= 4 is 21.9 Å². The Morgan fingerprint density at radius 1 is 1.15 bits per heavy atom. The molecule has 0 unspecified atom stereocenters. The van der Waals surface area contributed by atoms with Crippen LogP contribution in [0.25, 0.3) is 0 Å². The summed E-state index contributed by atoms with van der Waals surface area (Å²) in [5.74, 6) is 1.52. The molecule has 136 valence electrons. The van der Waals surface area contributed by atoms with Crippen molar-refractivity contribution in [1.29, 1.82) is 0 Å². The maximum absolute atomic E-state index is 6.02. The highest BCUT2D eigenvalue weighted by molar-refractivity contribution is 9.10. The summed E-state index contributed by atoms with van der Waals surface area (Å²) in [7, 11) is 0. The molecule has 3 aromatic rings. The van der Waals surface area contributed by atoms with Gasteiger partial charge in [-0.2, -0.15) is 0 Å². The van der Waals surface area contributed by atoms with Crippen molar-refractivity contribution in [3.05, 3.63) is 64.1 Å². The van der Waals surface area contributed by atoms with Crippen LogP contribution >= 0.6 is 15.9 Å². The molecule has 1 aromatic heterocycles. The van der Waals surface area contributed by atoms with Crippen LogP contribution in [0, 0.1) is 0 Å². The van der Waals surface area contributed by atoms with Gasteiger partial charge in [-0.15, -0.1) is 0 Å². The van der Waals surface area contributed by atoms with Gasteiger partial charge in [0.25, 0.3) is 0 Å². The lowest BCUT2D eigenvalue weighted by atomic mass is 10.2. The highest BCUT2D eigenvalue weighted by Gasteiger charge is 2.09. The maximum Gasteiger partial charge on any atom is 0.243 e. The van der Waals surface area contributed by atoms with Crippen molar-refractivity contribution in [2.24, 2.45) is 0 Å². The molecule has 1 N–H and O–H groups in total. The molecule has 0 bridgehead atoms. The number of nitrogens with zero attached hydrogens (tertiary/aromatic N) is 4. The molecule has 6 nitrogen and oxygen atoms in total. The van der Waals surface area contributed by atoms with Gasteiger partial charge in [0.1, 0.15) is 12.4 Å². The lowest BCUT2D eigenvalue weighted by molar-refractivity contribution is 0.303. The Morgan fingerprint density at radius 2 is 2.00 bits per heavy atom. The number of hydrogen-bond donors (Lipinski definition) is 1. The van der Waals surface area contributed by atoms with Gasteiger partial charge in [-0.1, -0.05) is 64.7 Å². The number of aryl methyl sites for hydroxylation is 1. The molecule has 0 aliphatic carbocycles. The Balaban J connectivity index is 1.67. The fourth-order valence-corrected chi connectivity index (χ4v) is 2.93. The van der Waals surface area contributed by atoms with Gasteiger partial charge in [-0.05, 0) is 40.6 Å². The number of halogens is 1. The lowest BCUT2D eigenvalue weighted by Gasteiger charge is -2.13. The summed E-state index contributed by atoms with van der Waals surface area (Å²) in [5, 5.41) is 15.2. The molecule has 0 saturated carbocycles. The van der Waals surface area contributed by atoms with E-state index in [4.69, 9.17) is 4.74 Å². The van der Waals surface area contributed by atoms with E-state index < -0.39 is 0 Å². The molecular weight excluding hydrogens is 394 g/mol. The summed E-state index contributed by atoms with van der Waals surface area (Å²) >= 11 is 3.53. The van der Waals surface area contributed by atoms with E-state index in [0.717, 1.165) is 40.7 Å². The zero-order valence-electron chi connectivity index (χ0n) is 14.7. The quantitative estimate of drug-likeness (QED) is 0.559. The van der Waals surface area contributed by atoms with E-state index in [1.165, 1.54) is 0 Å². The molecule has 3 rings (SSSR count). The second-order valence-corrected chi connectivity index (χ2v) is 6.87. The van der Waals surface area contributed by atoms with E-state index in [1.807, 2.05) is 36.4 Å². The number of hydrogen-bond acceptors (Lipinski definition) is 5. The third-order valence-corrected chi connectivity index (χ3v) is 4.45. The fraction of sp³-hybridized carbons (Fsp3) is 0.316. The van der Waals surface area contributed by atoms with E-state index in [9.17, 15) is 0 Å². The van der Waals surface area contributed by atoms with Crippen LogP contribution in [0.3, 0.4) is 0 Å².